The normalized spacial score (nSPS) is 15.9. The molecule has 9 heteroatoms. The highest BCUT2D eigenvalue weighted by Gasteiger charge is 2.26. The van der Waals surface area contributed by atoms with Crippen LogP contribution in [0.15, 0.2) is 0 Å². The molecule has 106 valence electrons. The lowest BCUT2D eigenvalue weighted by Crippen LogP contribution is -2.44. The van der Waals surface area contributed by atoms with Crippen molar-refractivity contribution in [2.24, 2.45) is 0 Å². The van der Waals surface area contributed by atoms with Crippen LogP contribution in [-0.4, -0.2) is 60.0 Å². The third kappa shape index (κ3) is 4.78. The summed E-state index contributed by atoms with van der Waals surface area (Å²) in [6.45, 7) is 1.15. The maximum Gasteiger partial charge on any atom is 0.326 e. The van der Waals surface area contributed by atoms with Crippen LogP contribution >= 0.6 is 11.8 Å². The van der Waals surface area contributed by atoms with Gasteiger partial charge in [-0.15, -0.1) is 11.8 Å². The minimum Gasteiger partial charge on any atom is -0.451 e. The lowest BCUT2D eigenvalue weighted by molar-refractivity contribution is -0.156. The minimum atomic E-state index is -1.10. The third-order valence-electron chi connectivity index (χ3n) is 2.29. The number of thioether (sulfide) groups is 1. The highest BCUT2D eigenvalue weighted by Crippen LogP contribution is 2.14. The predicted molar refractivity (Wildman–Crippen MR) is 67.2 cm³/mol. The first kappa shape index (κ1) is 15.3. The van der Waals surface area contributed by atoms with Crippen LogP contribution in [0.2, 0.25) is 0 Å². The number of nitrogens with one attached hydrogen (secondary N) is 2. The second kappa shape index (κ2) is 6.98. The Kier molecular flexibility index (Phi) is 5.61. The van der Waals surface area contributed by atoms with Crippen LogP contribution in [0.5, 0.6) is 0 Å². The van der Waals surface area contributed by atoms with Crippen LogP contribution in [0.1, 0.15) is 6.92 Å². The van der Waals surface area contributed by atoms with E-state index in [1.165, 1.54) is 30.6 Å². The van der Waals surface area contributed by atoms with E-state index in [-0.39, 0.29) is 12.5 Å². The number of hydrogen-bond donors (Lipinski definition) is 2. The number of carbonyl (C=O) groups excluding carboxylic acids is 4. The fourth-order valence-electron chi connectivity index (χ4n) is 1.26. The molecule has 1 fully saturated rings. The van der Waals surface area contributed by atoms with Crippen molar-refractivity contribution in [2.75, 3.05) is 25.2 Å². The largest absolute Gasteiger partial charge is 0.451 e. The van der Waals surface area contributed by atoms with Gasteiger partial charge in [0, 0.05) is 7.05 Å². The van der Waals surface area contributed by atoms with Crippen molar-refractivity contribution in [2.45, 2.75) is 13.0 Å². The molecular weight excluding hydrogens is 274 g/mol. The van der Waals surface area contributed by atoms with E-state index < -0.39 is 24.0 Å². The summed E-state index contributed by atoms with van der Waals surface area (Å²) >= 11 is 1.41. The van der Waals surface area contributed by atoms with Crippen LogP contribution in [0, 0.1) is 0 Å². The molecule has 1 aliphatic heterocycles. The lowest BCUT2D eigenvalue weighted by Gasteiger charge is -2.16. The van der Waals surface area contributed by atoms with Gasteiger partial charge in [-0.05, 0) is 6.92 Å². The zero-order valence-electron chi connectivity index (χ0n) is 10.6. The van der Waals surface area contributed by atoms with Crippen LogP contribution in [0.3, 0.4) is 0 Å². The Balaban J connectivity index is 2.36. The molecule has 1 unspecified atom stereocenters. The van der Waals surface area contributed by atoms with Crippen molar-refractivity contribution in [3.8, 4) is 0 Å². The Bertz CT molecular complexity index is 401. The maximum atomic E-state index is 11.5. The number of ether oxygens (including phenoxy) is 1. The molecule has 4 amide bonds. The second-order valence-electron chi connectivity index (χ2n) is 3.77. The smallest absolute Gasteiger partial charge is 0.326 e. The second-order valence-corrected chi connectivity index (χ2v) is 4.72. The molecule has 0 radical (unpaired) electrons. The van der Waals surface area contributed by atoms with E-state index in [0.29, 0.717) is 11.6 Å². The van der Waals surface area contributed by atoms with Crippen molar-refractivity contribution in [1.82, 2.24) is 15.5 Å². The Morgan fingerprint density at radius 2 is 2.16 bits per heavy atom. The third-order valence-corrected chi connectivity index (χ3v) is 3.23. The molecule has 2 N–H and O–H groups in total. The van der Waals surface area contributed by atoms with Gasteiger partial charge in [0.2, 0.25) is 5.91 Å². The van der Waals surface area contributed by atoms with E-state index in [0.717, 1.165) is 0 Å². The Hall–Kier alpha value is -1.77. The zero-order valence-corrected chi connectivity index (χ0v) is 11.4. The van der Waals surface area contributed by atoms with Gasteiger partial charge >= 0.3 is 12.0 Å². The van der Waals surface area contributed by atoms with Gasteiger partial charge in [-0.3, -0.25) is 19.7 Å². The van der Waals surface area contributed by atoms with Gasteiger partial charge in [-0.2, -0.15) is 0 Å². The van der Waals surface area contributed by atoms with Gasteiger partial charge in [0.05, 0.1) is 11.6 Å². The quantitative estimate of drug-likeness (QED) is 0.637. The Labute approximate surface area is 114 Å². The number of rotatable bonds is 4. The van der Waals surface area contributed by atoms with E-state index >= 15 is 0 Å². The summed E-state index contributed by atoms with van der Waals surface area (Å²) in [5, 5.41) is 4.19. The summed E-state index contributed by atoms with van der Waals surface area (Å²) in [4.78, 5) is 46.4. The molecule has 0 aliphatic carbocycles. The van der Waals surface area contributed by atoms with Gasteiger partial charge in [-0.25, -0.2) is 4.79 Å². The molecule has 0 bridgehead atoms. The average molecular weight is 289 g/mol. The number of imide groups is 1. The van der Waals surface area contributed by atoms with Gasteiger partial charge in [0.1, 0.15) is 6.54 Å². The molecular formula is C10H15N3O5S. The average Bonchev–Trinajstić information content (AvgIpc) is 2.74. The number of nitrogens with zero attached hydrogens (tertiary/aromatic N) is 1. The van der Waals surface area contributed by atoms with Crippen molar-refractivity contribution in [1.29, 1.82) is 0 Å². The summed E-state index contributed by atoms with van der Waals surface area (Å²) in [6, 6.07) is -0.681. The molecule has 19 heavy (non-hydrogen) atoms. The van der Waals surface area contributed by atoms with Crippen molar-refractivity contribution >= 4 is 35.6 Å². The van der Waals surface area contributed by atoms with E-state index in [4.69, 9.17) is 4.74 Å². The molecule has 0 spiro atoms. The zero-order chi connectivity index (χ0) is 14.4. The predicted octanol–water partition coefficient (Wildman–Crippen LogP) is -1.09. The van der Waals surface area contributed by atoms with Crippen LogP contribution in [-0.2, 0) is 19.1 Å². The van der Waals surface area contributed by atoms with Crippen molar-refractivity contribution < 1.29 is 23.9 Å². The van der Waals surface area contributed by atoms with Gasteiger partial charge < -0.3 is 15.0 Å². The fraction of sp³-hybridized carbons (Fsp3) is 0.600. The number of carbonyl (C=O) groups is 4. The molecule has 1 atom stereocenters. The summed E-state index contributed by atoms with van der Waals surface area (Å²) in [6.07, 6.45) is -1.10. The number of esters is 1. The fourth-order valence-corrected chi connectivity index (χ4v) is 2.16. The highest BCUT2D eigenvalue weighted by atomic mass is 32.2. The lowest BCUT2D eigenvalue weighted by atomic mass is 10.4. The SMILES string of the molecule is CNC(=O)NC(=O)C(C)OC(=O)CN1CSCC1=O. The summed E-state index contributed by atoms with van der Waals surface area (Å²) in [7, 11) is 1.36. The standard InChI is InChI=1S/C10H15N3O5S/c1-6(9(16)12-10(17)11-2)18-8(15)3-13-5-19-4-7(13)14/h6H,3-5H2,1-2H3,(H2,11,12,16,17). The topological polar surface area (TPSA) is 105 Å². The maximum absolute atomic E-state index is 11.5. The van der Waals surface area contributed by atoms with Gasteiger partial charge in [0.15, 0.2) is 6.10 Å². The number of amides is 4. The van der Waals surface area contributed by atoms with E-state index in [2.05, 4.69) is 5.32 Å². The van der Waals surface area contributed by atoms with Gasteiger partial charge in [0.25, 0.3) is 5.91 Å². The van der Waals surface area contributed by atoms with Gasteiger partial charge in [-0.1, -0.05) is 0 Å². The van der Waals surface area contributed by atoms with Crippen LogP contribution in [0.4, 0.5) is 4.79 Å². The van der Waals surface area contributed by atoms with E-state index in [1.54, 1.807) is 0 Å². The van der Waals surface area contributed by atoms with E-state index in [9.17, 15) is 19.2 Å². The first-order valence-corrected chi connectivity index (χ1v) is 6.67. The molecule has 0 aromatic heterocycles. The molecule has 0 aromatic rings. The first-order valence-electron chi connectivity index (χ1n) is 5.51. The highest BCUT2D eigenvalue weighted by molar-refractivity contribution is 8.00. The summed E-state index contributed by atoms with van der Waals surface area (Å²) < 4.78 is 4.83. The minimum absolute atomic E-state index is 0.135. The Morgan fingerprint density at radius 1 is 1.47 bits per heavy atom. The molecule has 0 saturated carbocycles. The molecule has 0 aromatic carbocycles. The number of hydrogen-bond acceptors (Lipinski definition) is 6. The molecule has 1 aliphatic rings. The van der Waals surface area contributed by atoms with E-state index in [1.807, 2.05) is 5.32 Å². The first-order chi connectivity index (χ1) is 8.93. The summed E-state index contributed by atoms with van der Waals surface area (Å²) in [5.74, 6) is -0.762. The van der Waals surface area contributed by atoms with Crippen molar-refractivity contribution in [3.63, 3.8) is 0 Å². The Morgan fingerprint density at radius 3 is 2.68 bits per heavy atom. The number of urea groups is 1. The van der Waals surface area contributed by atoms with Crippen LogP contribution in [0.25, 0.3) is 0 Å². The van der Waals surface area contributed by atoms with Crippen molar-refractivity contribution in [3.05, 3.63) is 0 Å². The molecule has 1 heterocycles. The molecule has 8 nitrogen and oxygen atoms in total. The monoisotopic (exact) mass is 289 g/mol. The summed E-state index contributed by atoms with van der Waals surface area (Å²) in [5.41, 5.74) is 0. The van der Waals surface area contributed by atoms with Crippen LogP contribution < -0.4 is 10.6 Å². The molecule has 1 saturated heterocycles. The molecule has 1 rings (SSSR count).